The first-order chi connectivity index (χ1) is 12.4. The lowest BCUT2D eigenvalue weighted by Crippen LogP contribution is -2.52. The Bertz CT molecular complexity index is 651. The van der Waals surface area contributed by atoms with Crippen molar-refractivity contribution in [1.82, 2.24) is 16.2 Å². The Morgan fingerprint density at radius 3 is 2.50 bits per heavy atom. The minimum Gasteiger partial charge on any atom is -0.358 e. The summed E-state index contributed by atoms with van der Waals surface area (Å²) >= 11 is 5.23. The van der Waals surface area contributed by atoms with Crippen molar-refractivity contribution in [2.24, 2.45) is 11.8 Å². The zero-order valence-corrected chi connectivity index (χ0v) is 16.0. The number of hydrazine groups is 1. The smallest absolute Gasteiger partial charge is 0.238 e. The number of Topliss-reactive ketones (excluding diaryl/α,β-unsaturated/α-hetero) is 1. The molecule has 0 bridgehead atoms. The van der Waals surface area contributed by atoms with Crippen LogP contribution in [0.3, 0.4) is 0 Å². The quantitative estimate of drug-likeness (QED) is 0.417. The fourth-order valence-electron chi connectivity index (χ4n) is 3.19. The highest BCUT2D eigenvalue weighted by atomic mass is 32.1. The van der Waals surface area contributed by atoms with Gasteiger partial charge in [-0.05, 0) is 54.7 Å². The van der Waals surface area contributed by atoms with E-state index in [1.165, 1.54) is 37.1 Å². The summed E-state index contributed by atoms with van der Waals surface area (Å²) in [7, 11) is 0. The van der Waals surface area contributed by atoms with Crippen LogP contribution in [0.1, 0.15) is 56.3 Å². The van der Waals surface area contributed by atoms with E-state index in [0.29, 0.717) is 28.6 Å². The average Bonchev–Trinajstić information content (AvgIpc) is 2.62. The van der Waals surface area contributed by atoms with Gasteiger partial charge in [-0.25, -0.2) is 4.39 Å². The van der Waals surface area contributed by atoms with Gasteiger partial charge in [-0.15, -0.1) is 0 Å². The SMILES string of the molecule is C[C@@H]1[C@H](C)CCC[C@@H]1NC(=S)NNC(=O)CCC(=O)c1ccc(F)cc1. The van der Waals surface area contributed by atoms with Crippen molar-refractivity contribution in [3.63, 3.8) is 0 Å². The monoisotopic (exact) mass is 379 g/mol. The Morgan fingerprint density at radius 1 is 1.12 bits per heavy atom. The van der Waals surface area contributed by atoms with Crippen molar-refractivity contribution >= 4 is 29.0 Å². The van der Waals surface area contributed by atoms with Crippen LogP contribution in [-0.2, 0) is 4.79 Å². The van der Waals surface area contributed by atoms with Crippen molar-refractivity contribution in [3.05, 3.63) is 35.6 Å². The standard InChI is InChI=1S/C19H26FN3O2S/c1-12-4-3-5-16(13(12)2)21-19(26)23-22-18(25)11-10-17(24)14-6-8-15(20)9-7-14/h6-9,12-13,16H,3-5,10-11H2,1-2H3,(H,22,25)(H2,21,23,26)/t12-,13-,16+/m1/s1. The van der Waals surface area contributed by atoms with Gasteiger partial charge in [0.25, 0.3) is 0 Å². The summed E-state index contributed by atoms with van der Waals surface area (Å²) in [6.07, 6.45) is 3.55. The fourth-order valence-corrected chi connectivity index (χ4v) is 3.39. The molecule has 1 aliphatic carbocycles. The molecule has 0 unspecified atom stereocenters. The van der Waals surface area contributed by atoms with Crippen molar-refractivity contribution in [2.75, 3.05) is 0 Å². The van der Waals surface area contributed by atoms with Gasteiger partial charge in [-0.3, -0.25) is 20.4 Å². The maximum atomic E-state index is 12.9. The molecule has 26 heavy (non-hydrogen) atoms. The van der Waals surface area contributed by atoms with Crippen LogP contribution >= 0.6 is 12.2 Å². The number of benzene rings is 1. The number of hydrogen-bond donors (Lipinski definition) is 3. The normalized spacial score (nSPS) is 22.3. The lowest BCUT2D eigenvalue weighted by molar-refractivity contribution is -0.121. The molecule has 1 aromatic rings. The summed E-state index contributed by atoms with van der Waals surface area (Å²) in [6, 6.07) is 5.59. The van der Waals surface area contributed by atoms with E-state index in [1.807, 2.05) is 0 Å². The zero-order valence-electron chi connectivity index (χ0n) is 15.2. The molecule has 3 N–H and O–H groups in total. The Kier molecular flexibility index (Phi) is 7.50. The summed E-state index contributed by atoms with van der Waals surface area (Å²) in [5.41, 5.74) is 5.60. The molecule has 7 heteroatoms. The second-order valence-electron chi connectivity index (χ2n) is 6.95. The molecular formula is C19H26FN3O2S. The number of thiocarbonyl (C=S) groups is 1. The Labute approximate surface area is 159 Å². The molecule has 0 aliphatic heterocycles. The van der Waals surface area contributed by atoms with Crippen LogP contribution in [-0.4, -0.2) is 22.8 Å². The molecule has 3 atom stereocenters. The van der Waals surface area contributed by atoms with Gasteiger partial charge >= 0.3 is 0 Å². The number of carbonyl (C=O) groups is 2. The van der Waals surface area contributed by atoms with Crippen LogP contribution in [0.2, 0.25) is 0 Å². The molecule has 142 valence electrons. The first kappa shape index (κ1) is 20.3. The average molecular weight is 380 g/mol. The largest absolute Gasteiger partial charge is 0.358 e. The Morgan fingerprint density at radius 2 is 1.81 bits per heavy atom. The number of ketones is 1. The molecule has 0 saturated heterocycles. The van der Waals surface area contributed by atoms with Gasteiger partial charge in [0.05, 0.1) is 0 Å². The number of carbonyl (C=O) groups excluding carboxylic acids is 2. The van der Waals surface area contributed by atoms with Gasteiger partial charge in [-0.2, -0.15) is 0 Å². The predicted molar refractivity (Wildman–Crippen MR) is 103 cm³/mol. The summed E-state index contributed by atoms with van der Waals surface area (Å²) in [5.74, 6) is 0.246. The van der Waals surface area contributed by atoms with Gasteiger partial charge < -0.3 is 5.32 Å². The number of rotatable bonds is 5. The molecule has 0 heterocycles. The van der Waals surface area contributed by atoms with E-state index in [9.17, 15) is 14.0 Å². The van der Waals surface area contributed by atoms with Gasteiger partial charge in [0.15, 0.2) is 10.9 Å². The van der Waals surface area contributed by atoms with Crippen molar-refractivity contribution in [1.29, 1.82) is 0 Å². The second kappa shape index (κ2) is 9.62. The third-order valence-electron chi connectivity index (χ3n) is 5.08. The van der Waals surface area contributed by atoms with Gasteiger partial charge in [-0.1, -0.05) is 26.7 Å². The van der Waals surface area contributed by atoms with E-state index in [1.54, 1.807) is 0 Å². The number of halogens is 1. The lowest BCUT2D eigenvalue weighted by atomic mass is 9.78. The van der Waals surface area contributed by atoms with Crippen LogP contribution < -0.4 is 16.2 Å². The molecule has 5 nitrogen and oxygen atoms in total. The van der Waals surface area contributed by atoms with E-state index in [2.05, 4.69) is 30.0 Å². The van der Waals surface area contributed by atoms with Crippen molar-refractivity contribution in [3.8, 4) is 0 Å². The molecule has 1 amide bonds. The molecule has 1 aromatic carbocycles. The molecule has 1 fully saturated rings. The van der Waals surface area contributed by atoms with Crippen LogP contribution in [0.5, 0.6) is 0 Å². The van der Waals surface area contributed by atoms with E-state index in [0.717, 1.165) is 6.42 Å². The van der Waals surface area contributed by atoms with Crippen molar-refractivity contribution < 1.29 is 14.0 Å². The van der Waals surface area contributed by atoms with Crippen LogP contribution in [0.25, 0.3) is 0 Å². The molecule has 0 radical (unpaired) electrons. The minimum absolute atomic E-state index is 0.0304. The predicted octanol–water partition coefficient (Wildman–Crippen LogP) is 3.11. The van der Waals surface area contributed by atoms with E-state index < -0.39 is 5.82 Å². The van der Waals surface area contributed by atoms with Crippen molar-refractivity contribution in [2.45, 2.75) is 52.0 Å². The van der Waals surface area contributed by atoms with Gasteiger partial charge in [0.1, 0.15) is 5.82 Å². The topological polar surface area (TPSA) is 70.2 Å². The third kappa shape index (κ3) is 6.05. The molecule has 1 saturated carbocycles. The highest BCUT2D eigenvalue weighted by molar-refractivity contribution is 7.80. The summed E-state index contributed by atoms with van der Waals surface area (Å²) in [4.78, 5) is 23.8. The summed E-state index contributed by atoms with van der Waals surface area (Å²) in [5, 5.41) is 3.64. The lowest BCUT2D eigenvalue weighted by Gasteiger charge is -2.35. The maximum Gasteiger partial charge on any atom is 0.238 e. The molecule has 2 rings (SSSR count). The highest BCUT2D eigenvalue weighted by Gasteiger charge is 2.27. The molecule has 1 aliphatic rings. The van der Waals surface area contributed by atoms with Crippen LogP contribution in [0.4, 0.5) is 4.39 Å². The summed E-state index contributed by atoms with van der Waals surface area (Å²) in [6.45, 7) is 4.46. The zero-order chi connectivity index (χ0) is 19.1. The van der Waals surface area contributed by atoms with E-state index in [-0.39, 0.29) is 24.5 Å². The van der Waals surface area contributed by atoms with E-state index >= 15 is 0 Å². The van der Waals surface area contributed by atoms with Crippen LogP contribution in [0.15, 0.2) is 24.3 Å². The maximum absolute atomic E-state index is 12.9. The van der Waals surface area contributed by atoms with Gasteiger partial charge in [0.2, 0.25) is 5.91 Å². The summed E-state index contributed by atoms with van der Waals surface area (Å²) < 4.78 is 12.9. The first-order valence-electron chi connectivity index (χ1n) is 9.01. The number of nitrogens with one attached hydrogen (secondary N) is 3. The molecule has 0 aromatic heterocycles. The first-order valence-corrected chi connectivity index (χ1v) is 9.41. The molecular weight excluding hydrogens is 353 g/mol. The third-order valence-corrected chi connectivity index (χ3v) is 5.30. The highest BCUT2D eigenvalue weighted by Crippen LogP contribution is 2.29. The second-order valence-corrected chi connectivity index (χ2v) is 7.36. The molecule has 0 spiro atoms. The van der Waals surface area contributed by atoms with E-state index in [4.69, 9.17) is 12.2 Å². The van der Waals surface area contributed by atoms with Gasteiger partial charge in [0, 0.05) is 24.4 Å². The number of hydrogen-bond acceptors (Lipinski definition) is 3. The van der Waals surface area contributed by atoms with Crippen LogP contribution in [0, 0.1) is 17.7 Å². The Hall–Kier alpha value is -2.02. The fraction of sp³-hybridized carbons (Fsp3) is 0.526. The number of amides is 1. The minimum atomic E-state index is -0.397. The Balaban J connectivity index is 1.68.